The maximum atomic E-state index is 11.0. The van der Waals surface area contributed by atoms with E-state index in [9.17, 15) is 9.00 Å². The minimum atomic E-state index is -1.05. The van der Waals surface area contributed by atoms with Gasteiger partial charge in [-0.3, -0.25) is 9.00 Å². The molecule has 0 bridgehead atoms. The zero-order chi connectivity index (χ0) is 9.56. The van der Waals surface area contributed by atoms with Gasteiger partial charge in [-0.2, -0.15) is 0 Å². The molecule has 0 spiro atoms. The van der Waals surface area contributed by atoms with Gasteiger partial charge < -0.3 is 10.8 Å². The van der Waals surface area contributed by atoms with E-state index in [4.69, 9.17) is 10.8 Å². The lowest BCUT2D eigenvalue weighted by atomic mass is 10.2. The van der Waals surface area contributed by atoms with Crippen LogP contribution in [0.3, 0.4) is 0 Å². The molecule has 3 N–H and O–H groups in total. The first-order chi connectivity index (χ1) is 5.57. The summed E-state index contributed by atoms with van der Waals surface area (Å²) in [5.41, 5.74) is 5.20. The fourth-order valence-corrected chi connectivity index (χ4v) is 1.54. The van der Waals surface area contributed by atoms with Gasteiger partial charge in [0.05, 0.1) is 0 Å². The van der Waals surface area contributed by atoms with Crippen LogP contribution in [0.15, 0.2) is 12.7 Å². The Bertz CT molecular complexity index is 193. The van der Waals surface area contributed by atoms with Crippen LogP contribution in [-0.2, 0) is 15.6 Å². The van der Waals surface area contributed by atoms with Crippen LogP contribution < -0.4 is 5.73 Å². The lowest BCUT2D eigenvalue weighted by Crippen LogP contribution is -2.31. The molecule has 0 saturated carbocycles. The van der Waals surface area contributed by atoms with Gasteiger partial charge in [-0.05, 0) is 6.42 Å². The van der Waals surface area contributed by atoms with Gasteiger partial charge in [0.25, 0.3) is 0 Å². The fraction of sp³-hybridized carbons (Fsp3) is 0.571. The van der Waals surface area contributed by atoms with E-state index in [1.54, 1.807) is 6.08 Å². The second-order valence-electron chi connectivity index (χ2n) is 2.33. The molecule has 0 aromatic heterocycles. The van der Waals surface area contributed by atoms with Crippen molar-refractivity contribution in [2.45, 2.75) is 12.5 Å². The lowest BCUT2D eigenvalue weighted by Gasteiger charge is -2.04. The number of carboxylic acid groups (broad SMARTS) is 1. The van der Waals surface area contributed by atoms with Crippen molar-refractivity contribution in [1.82, 2.24) is 0 Å². The maximum Gasteiger partial charge on any atom is 0.320 e. The minimum absolute atomic E-state index is 0.246. The molecule has 0 aromatic carbocycles. The first-order valence-corrected chi connectivity index (χ1v) is 5.01. The third-order valence-corrected chi connectivity index (χ3v) is 2.58. The summed E-state index contributed by atoms with van der Waals surface area (Å²) in [7, 11) is -1.02. The van der Waals surface area contributed by atoms with E-state index in [0.717, 1.165) is 0 Å². The molecule has 70 valence electrons. The molecule has 4 nitrogen and oxygen atoms in total. The van der Waals surface area contributed by atoms with Crippen molar-refractivity contribution < 1.29 is 14.1 Å². The molecule has 0 saturated heterocycles. The van der Waals surface area contributed by atoms with Gasteiger partial charge in [0.1, 0.15) is 6.04 Å². The van der Waals surface area contributed by atoms with E-state index >= 15 is 0 Å². The SMILES string of the molecule is C=CC[S@](=O)CC[C@H](N)C(=O)O. The van der Waals surface area contributed by atoms with Crippen molar-refractivity contribution in [3.8, 4) is 0 Å². The third kappa shape index (κ3) is 5.03. The van der Waals surface area contributed by atoms with Crippen molar-refractivity contribution in [1.29, 1.82) is 0 Å². The Morgan fingerprint density at radius 2 is 2.33 bits per heavy atom. The summed E-state index contributed by atoms with van der Waals surface area (Å²) in [6.07, 6.45) is 1.79. The summed E-state index contributed by atoms with van der Waals surface area (Å²) in [6.45, 7) is 3.42. The summed E-state index contributed by atoms with van der Waals surface area (Å²) < 4.78 is 11.0. The van der Waals surface area contributed by atoms with Gasteiger partial charge in [-0.15, -0.1) is 6.58 Å². The molecule has 0 amide bonds. The summed E-state index contributed by atoms with van der Waals surface area (Å²) in [5.74, 6) is -0.336. The van der Waals surface area contributed by atoms with Crippen LogP contribution in [0, 0.1) is 0 Å². The number of carbonyl (C=O) groups is 1. The molecule has 0 rings (SSSR count). The Labute approximate surface area is 73.9 Å². The molecular weight excluding hydrogens is 178 g/mol. The molecule has 2 atom stereocenters. The largest absolute Gasteiger partial charge is 0.480 e. The molecular formula is C7H13NO3S. The summed E-state index contributed by atoms with van der Waals surface area (Å²) >= 11 is 0. The number of carboxylic acids is 1. The standard InChI is InChI=1S/C7H13NO3S/c1-2-4-12(11)5-3-6(8)7(9)10/h2,6H,1,3-5,8H2,(H,9,10)/t6-,12-/m0/s1. The Morgan fingerprint density at radius 3 is 2.75 bits per heavy atom. The molecule has 12 heavy (non-hydrogen) atoms. The lowest BCUT2D eigenvalue weighted by molar-refractivity contribution is -0.138. The Morgan fingerprint density at radius 1 is 1.75 bits per heavy atom. The van der Waals surface area contributed by atoms with Crippen LogP contribution in [0.5, 0.6) is 0 Å². The van der Waals surface area contributed by atoms with E-state index in [-0.39, 0.29) is 6.42 Å². The van der Waals surface area contributed by atoms with E-state index in [2.05, 4.69) is 6.58 Å². The normalized spacial score (nSPS) is 15.1. The molecule has 0 aliphatic heterocycles. The zero-order valence-electron chi connectivity index (χ0n) is 6.73. The zero-order valence-corrected chi connectivity index (χ0v) is 7.55. The fourth-order valence-electron chi connectivity index (χ4n) is 0.597. The van der Waals surface area contributed by atoms with Crippen molar-refractivity contribution in [3.63, 3.8) is 0 Å². The van der Waals surface area contributed by atoms with E-state index in [1.807, 2.05) is 0 Å². The van der Waals surface area contributed by atoms with Crippen LogP contribution in [0.25, 0.3) is 0 Å². The highest BCUT2D eigenvalue weighted by molar-refractivity contribution is 7.85. The molecule has 5 heteroatoms. The number of nitrogens with two attached hydrogens (primary N) is 1. The quantitative estimate of drug-likeness (QED) is 0.566. The van der Waals surface area contributed by atoms with E-state index < -0.39 is 22.8 Å². The van der Waals surface area contributed by atoms with Crippen molar-refractivity contribution in [2.24, 2.45) is 5.73 Å². The average molecular weight is 191 g/mol. The summed E-state index contributed by atoms with van der Waals surface area (Å²) in [5, 5.41) is 8.38. The van der Waals surface area contributed by atoms with Crippen LogP contribution >= 0.6 is 0 Å². The molecule has 0 heterocycles. The van der Waals surface area contributed by atoms with Gasteiger partial charge in [-0.25, -0.2) is 0 Å². The van der Waals surface area contributed by atoms with Crippen LogP contribution in [0.4, 0.5) is 0 Å². The van der Waals surface area contributed by atoms with Gasteiger partial charge in [-0.1, -0.05) is 6.08 Å². The van der Waals surface area contributed by atoms with Crippen LogP contribution in [0.2, 0.25) is 0 Å². The maximum absolute atomic E-state index is 11.0. The Hall–Kier alpha value is -0.680. The highest BCUT2D eigenvalue weighted by Crippen LogP contribution is 1.93. The first kappa shape index (κ1) is 11.3. The van der Waals surface area contributed by atoms with Gasteiger partial charge in [0.15, 0.2) is 0 Å². The topological polar surface area (TPSA) is 80.4 Å². The molecule has 0 fully saturated rings. The number of hydrogen-bond acceptors (Lipinski definition) is 3. The summed E-state index contributed by atoms with van der Waals surface area (Å²) in [4.78, 5) is 10.2. The van der Waals surface area contributed by atoms with Gasteiger partial charge in [0.2, 0.25) is 0 Å². The molecule has 0 aromatic rings. The molecule has 0 radical (unpaired) electrons. The van der Waals surface area contributed by atoms with E-state index in [1.165, 1.54) is 0 Å². The second kappa shape index (κ2) is 5.91. The van der Waals surface area contributed by atoms with Crippen molar-refractivity contribution in [3.05, 3.63) is 12.7 Å². The Balaban J connectivity index is 3.60. The van der Waals surface area contributed by atoms with Gasteiger partial charge in [0, 0.05) is 22.3 Å². The van der Waals surface area contributed by atoms with Crippen LogP contribution in [0.1, 0.15) is 6.42 Å². The molecule has 0 aliphatic carbocycles. The monoisotopic (exact) mass is 191 g/mol. The van der Waals surface area contributed by atoms with Crippen molar-refractivity contribution >= 4 is 16.8 Å². The highest BCUT2D eigenvalue weighted by Gasteiger charge is 2.11. The predicted molar refractivity (Wildman–Crippen MR) is 48.3 cm³/mol. The molecule has 0 unspecified atom stereocenters. The highest BCUT2D eigenvalue weighted by atomic mass is 32.2. The second-order valence-corrected chi connectivity index (χ2v) is 3.95. The molecule has 0 aliphatic rings. The number of rotatable bonds is 6. The third-order valence-electron chi connectivity index (χ3n) is 1.28. The van der Waals surface area contributed by atoms with Gasteiger partial charge >= 0.3 is 5.97 Å². The Kier molecular flexibility index (Phi) is 5.57. The number of aliphatic carboxylic acids is 1. The van der Waals surface area contributed by atoms with E-state index in [0.29, 0.717) is 11.5 Å². The number of hydrogen-bond donors (Lipinski definition) is 2. The van der Waals surface area contributed by atoms with Crippen LogP contribution in [-0.4, -0.2) is 32.8 Å². The van der Waals surface area contributed by atoms with Crippen molar-refractivity contribution in [2.75, 3.05) is 11.5 Å². The smallest absolute Gasteiger partial charge is 0.320 e. The predicted octanol–water partition coefficient (Wildman–Crippen LogP) is -0.277. The average Bonchev–Trinajstić information content (AvgIpc) is 2.00. The summed E-state index contributed by atoms with van der Waals surface area (Å²) in [6, 6.07) is -0.904. The first-order valence-electron chi connectivity index (χ1n) is 3.52. The minimum Gasteiger partial charge on any atom is -0.480 e.